The van der Waals surface area contributed by atoms with Crippen molar-refractivity contribution in [1.82, 2.24) is 4.98 Å². The average molecular weight is 238 g/mol. The summed E-state index contributed by atoms with van der Waals surface area (Å²) in [4.78, 5) is 6.15. The minimum atomic E-state index is -0.124. The normalized spacial score (nSPS) is 20.3. The molecule has 0 aliphatic heterocycles. The molecule has 0 saturated heterocycles. The van der Waals surface area contributed by atoms with Gasteiger partial charge in [-0.05, 0) is 25.7 Å². The van der Waals surface area contributed by atoms with Crippen LogP contribution in [0.4, 0.5) is 0 Å². The molecular formula is C13H22N2S. The van der Waals surface area contributed by atoms with Gasteiger partial charge in [-0.2, -0.15) is 0 Å². The predicted molar refractivity (Wildman–Crippen MR) is 69.9 cm³/mol. The third-order valence-electron chi connectivity index (χ3n) is 3.55. The Kier molecular flexibility index (Phi) is 3.36. The second kappa shape index (κ2) is 4.46. The molecular weight excluding hydrogens is 216 g/mol. The maximum absolute atomic E-state index is 6.51. The molecule has 0 aromatic carbocycles. The van der Waals surface area contributed by atoms with Crippen molar-refractivity contribution in [3.05, 3.63) is 15.6 Å². The van der Waals surface area contributed by atoms with Crippen molar-refractivity contribution >= 4 is 11.3 Å². The first-order chi connectivity index (χ1) is 7.53. The van der Waals surface area contributed by atoms with Crippen LogP contribution in [0.2, 0.25) is 0 Å². The number of hydrogen-bond donors (Lipinski definition) is 1. The van der Waals surface area contributed by atoms with E-state index in [0.717, 1.165) is 12.8 Å². The Morgan fingerprint density at radius 1 is 1.25 bits per heavy atom. The van der Waals surface area contributed by atoms with Gasteiger partial charge in [0.25, 0.3) is 0 Å². The number of thiazole rings is 1. The zero-order chi connectivity index (χ0) is 11.8. The van der Waals surface area contributed by atoms with E-state index in [9.17, 15) is 0 Å². The molecule has 1 aromatic rings. The highest BCUT2D eigenvalue weighted by Crippen LogP contribution is 2.38. The number of aromatic nitrogens is 1. The van der Waals surface area contributed by atoms with Crippen LogP contribution in [-0.4, -0.2) is 4.98 Å². The molecule has 1 fully saturated rings. The predicted octanol–water partition coefficient (Wildman–Crippen LogP) is 3.69. The fraction of sp³-hybridized carbons (Fsp3) is 0.769. The fourth-order valence-electron chi connectivity index (χ4n) is 2.55. The second-order valence-electron chi connectivity index (χ2n) is 5.33. The van der Waals surface area contributed by atoms with Gasteiger partial charge in [-0.3, -0.25) is 0 Å². The lowest BCUT2D eigenvalue weighted by Crippen LogP contribution is -2.38. The molecule has 1 aliphatic carbocycles. The molecule has 0 radical (unpaired) electrons. The van der Waals surface area contributed by atoms with Crippen LogP contribution < -0.4 is 5.73 Å². The quantitative estimate of drug-likeness (QED) is 0.853. The van der Waals surface area contributed by atoms with Gasteiger partial charge in [-0.1, -0.05) is 33.1 Å². The zero-order valence-corrected chi connectivity index (χ0v) is 11.4. The van der Waals surface area contributed by atoms with Gasteiger partial charge >= 0.3 is 0 Å². The van der Waals surface area contributed by atoms with Crippen LogP contribution in [0.25, 0.3) is 0 Å². The van der Waals surface area contributed by atoms with Crippen LogP contribution in [0, 0.1) is 6.92 Å². The maximum Gasteiger partial charge on any atom is 0.113 e. The van der Waals surface area contributed by atoms with Gasteiger partial charge in [0.2, 0.25) is 0 Å². The number of nitrogens with zero attached hydrogens (tertiary/aromatic N) is 1. The summed E-state index contributed by atoms with van der Waals surface area (Å²) < 4.78 is 0. The summed E-state index contributed by atoms with van der Waals surface area (Å²) in [5.74, 6) is 0.511. The first kappa shape index (κ1) is 12.1. The van der Waals surface area contributed by atoms with Crippen molar-refractivity contribution in [3.8, 4) is 0 Å². The molecule has 2 nitrogen and oxygen atoms in total. The van der Waals surface area contributed by atoms with Gasteiger partial charge in [-0.15, -0.1) is 11.3 Å². The van der Waals surface area contributed by atoms with Crippen molar-refractivity contribution in [2.75, 3.05) is 0 Å². The molecule has 2 rings (SSSR count). The molecule has 1 aromatic heterocycles. The third kappa shape index (κ3) is 2.16. The van der Waals surface area contributed by atoms with E-state index in [1.807, 2.05) is 11.3 Å². The van der Waals surface area contributed by atoms with Crippen molar-refractivity contribution in [3.63, 3.8) is 0 Å². The van der Waals surface area contributed by atoms with Crippen molar-refractivity contribution < 1.29 is 0 Å². The molecule has 3 heteroatoms. The summed E-state index contributed by atoms with van der Waals surface area (Å²) in [6, 6.07) is 0. The van der Waals surface area contributed by atoms with Crippen molar-refractivity contribution in [2.45, 2.75) is 64.3 Å². The van der Waals surface area contributed by atoms with Crippen LogP contribution in [0.3, 0.4) is 0 Å². The van der Waals surface area contributed by atoms with Gasteiger partial charge in [0.1, 0.15) is 5.01 Å². The molecule has 0 atom stereocenters. The van der Waals surface area contributed by atoms with Crippen LogP contribution in [0.1, 0.15) is 67.4 Å². The zero-order valence-electron chi connectivity index (χ0n) is 10.5. The SMILES string of the molecule is Cc1sc(C2(N)CCCCC2)nc1C(C)C. The molecule has 0 unspecified atom stereocenters. The van der Waals surface area contributed by atoms with Gasteiger partial charge in [0.05, 0.1) is 11.2 Å². The highest BCUT2D eigenvalue weighted by atomic mass is 32.1. The van der Waals surface area contributed by atoms with Crippen LogP contribution in [-0.2, 0) is 5.54 Å². The van der Waals surface area contributed by atoms with E-state index in [1.165, 1.54) is 34.8 Å². The number of rotatable bonds is 2. The largest absolute Gasteiger partial charge is 0.319 e. The summed E-state index contributed by atoms with van der Waals surface area (Å²) in [6.45, 7) is 6.58. The van der Waals surface area contributed by atoms with E-state index < -0.39 is 0 Å². The van der Waals surface area contributed by atoms with Crippen LogP contribution in [0.15, 0.2) is 0 Å². The maximum atomic E-state index is 6.51. The fourth-order valence-corrected chi connectivity index (χ4v) is 3.78. The molecule has 0 spiro atoms. The van der Waals surface area contributed by atoms with Crippen molar-refractivity contribution in [2.24, 2.45) is 5.73 Å². The highest BCUT2D eigenvalue weighted by Gasteiger charge is 2.33. The van der Waals surface area contributed by atoms with E-state index in [1.54, 1.807) is 0 Å². The Morgan fingerprint density at radius 3 is 2.38 bits per heavy atom. The molecule has 1 saturated carbocycles. The molecule has 1 aliphatic rings. The minimum absolute atomic E-state index is 0.124. The molecule has 2 N–H and O–H groups in total. The summed E-state index contributed by atoms with van der Waals surface area (Å²) in [7, 11) is 0. The Morgan fingerprint density at radius 2 is 1.88 bits per heavy atom. The number of hydrogen-bond acceptors (Lipinski definition) is 3. The lowest BCUT2D eigenvalue weighted by Gasteiger charge is -2.31. The van der Waals surface area contributed by atoms with E-state index in [0.29, 0.717) is 5.92 Å². The van der Waals surface area contributed by atoms with E-state index >= 15 is 0 Å². The van der Waals surface area contributed by atoms with Crippen LogP contribution >= 0.6 is 11.3 Å². The van der Waals surface area contributed by atoms with Crippen LogP contribution in [0.5, 0.6) is 0 Å². The van der Waals surface area contributed by atoms with Gasteiger partial charge < -0.3 is 5.73 Å². The Bertz CT molecular complexity index is 362. The van der Waals surface area contributed by atoms with E-state index in [2.05, 4.69) is 20.8 Å². The second-order valence-corrected chi connectivity index (χ2v) is 6.54. The van der Waals surface area contributed by atoms with E-state index in [4.69, 9.17) is 10.7 Å². The summed E-state index contributed by atoms with van der Waals surface area (Å²) in [5, 5.41) is 1.17. The number of aryl methyl sites for hydroxylation is 1. The topological polar surface area (TPSA) is 38.9 Å². The molecule has 16 heavy (non-hydrogen) atoms. The third-order valence-corrected chi connectivity index (χ3v) is 4.76. The standard InChI is InChI=1S/C13H22N2S/c1-9(2)11-10(3)16-12(15-11)13(14)7-5-4-6-8-13/h9H,4-8,14H2,1-3H3. The van der Waals surface area contributed by atoms with Gasteiger partial charge in [-0.25, -0.2) is 4.98 Å². The average Bonchev–Trinajstić information content (AvgIpc) is 2.62. The molecule has 1 heterocycles. The summed E-state index contributed by atoms with van der Waals surface area (Å²) in [6.07, 6.45) is 6.06. The summed E-state index contributed by atoms with van der Waals surface area (Å²) >= 11 is 1.81. The molecule has 90 valence electrons. The Labute approximate surface area is 102 Å². The highest BCUT2D eigenvalue weighted by molar-refractivity contribution is 7.11. The van der Waals surface area contributed by atoms with Gasteiger partial charge in [0, 0.05) is 4.88 Å². The Hall–Kier alpha value is -0.410. The first-order valence-corrected chi connectivity index (χ1v) is 7.11. The summed E-state index contributed by atoms with van der Waals surface area (Å²) in [5.41, 5.74) is 7.63. The lowest BCUT2D eigenvalue weighted by atomic mass is 9.83. The van der Waals surface area contributed by atoms with Crippen molar-refractivity contribution in [1.29, 1.82) is 0 Å². The minimum Gasteiger partial charge on any atom is -0.319 e. The van der Waals surface area contributed by atoms with E-state index in [-0.39, 0.29) is 5.54 Å². The Balaban J connectivity index is 2.29. The monoisotopic (exact) mass is 238 g/mol. The number of nitrogens with two attached hydrogens (primary N) is 1. The molecule has 0 amide bonds. The molecule has 0 bridgehead atoms. The lowest BCUT2D eigenvalue weighted by molar-refractivity contribution is 0.301. The van der Waals surface area contributed by atoms with Gasteiger partial charge in [0.15, 0.2) is 0 Å². The first-order valence-electron chi connectivity index (χ1n) is 6.29. The smallest absolute Gasteiger partial charge is 0.113 e.